The first-order valence-electron chi connectivity index (χ1n) is 14.8. The summed E-state index contributed by atoms with van der Waals surface area (Å²) in [5, 5.41) is 0. The first-order valence-corrected chi connectivity index (χ1v) is 14.8. The highest BCUT2D eigenvalue weighted by atomic mass is 16.3. The summed E-state index contributed by atoms with van der Waals surface area (Å²) < 4.78 is 5.48. The van der Waals surface area contributed by atoms with Crippen molar-refractivity contribution in [3.05, 3.63) is 114 Å². The van der Waals surface area contributed by atoms with Gasteiger partial charge < -0.3 is 19.1 Å². The van der Waals surface area contributed by atoms with E-state index in [-0.39, 0.29) is 23.9 Å². The molecule has 3 aromatic carbocycles. The molecule has 2 aliphatic rings. The molecule has 2 amide bonds. The Bertz CT molecular complexity index is 1530. The van der Waals surface area contributed by atoms with E-state index in [0.717, 1.165) is 54.2 Å². The Kier molecular flexibility index (Phi) is 7.85. The number of carbonyl (C=O) groups excluding carboxylic acids is 2. The van der Waals surface area contributed by atoms with Crippen LogP contribution >= 0.6 is 0 Å². The lowest BCUT2D eigenvalue weighted by Crippen LogP contribution is -2.52. The zero-order valence-electron chi connectivity index (χ0n) is 24.6. The summed E-state index contributed by atoms with van der Waals surface area (Å²) in [5.74, 6) is 0.218. The van der Waals surface area contributed by atoms with Gasteiger partial charge in [0.1, 0.15) is 0 Å². The van der Waals surface area contributed by atoms with Gasteiger partial charge in [0.05, 0.1) is 18.8 Å². The maximum absolute atomic E-state index is 14.3. The molecule has 1 fully saturated rings. The second-order valence-electron chi connectivity index (χ2n) is 11.5. The minimum atomic E-state index is -0.212. The summed E-state index contributed by atoms with van der Waals surface area (Å²) >= 11 is 0. The molecule has 2 atom stereocenters. The Morgan fingerprint density at radius 3 is 2.26 bits per heavy atom. The Balaban J connectivity index is 1.30. The average Bonchev–Trinajstić information content (AvgIpc) is 3.55. The van der Waals surface area contributed by atoms with Gasteiger partial charge in [0.15, 0.2) is 5.76 Å². The fourth-order valence-electron chi connectivity index (χ4n) is 6.30. The van der Waals surface area contributed by atoms with Crippen molar-refractivity contribution < 1.29 is 14.0 Å². The zero-order chi connectivity index (χ0) is 29.2. The lowest BCUT2D eigenvalue weighted by atomic mass is 9.88. The van der Waals surface area contributed by atoms with Crippen LogP contribution in [0.4, 0.5) is 17.1 Å². The molecule has 0 spiro atoms. The van der Waals surface area contributed by atoms with E-state index in [1.807, 2.05) is 40.1 Å². The summed E-state index contributed by atoms with van der Waals surface area (Å²) in [6, 6.07) is 27.9. The van der Waals surface area contributed by atoms with E-state index in [2.05, 4.69) is 73.0 Å². The number of benzene rings is 3. The Hall–Kier alpha value is -4.36. The molecule has 0 N–H and O–H groups in total. The van der Waals surface area contributed by atoms with Crippen molar-refractivity contribution >= 4 is 28.9 Å². The van der Waals surface area contributed by atoms with Crippen molar-refractivity contribution in [1.29, 1.82) is 0 Å². The summed E-state index contributed by atoms with van der Waals surface area (Å²) in [7, 11) is 0. The first kappa shape index (κ1) is 27.8. The topological polar surface area (TPSA) is 60.2 Å². The number of aryl methyl sites for hydroxylation is 2. The van der Waals surface area contributed by atoms with Crippen molar-refractivity contribution in [3.63, 3.8) is 0 Å². The Morgan fingerprint density at radius 2 is 1.57 bits per heavy atom. The average molecular weight is 563 g/mol. The van der Waals surface area contributed by atoms with Gasteiger partial charge in [-0.15, -0.1) is 0 Å². The van der Waals surface area contributed by atoms with Crippen LogP contribution in [0.25, 0.3) is 0 Å². The van der Waals surface area contributed by atoms with Crippen LogP contribution < -0.4 is 14.7 Å². The van der Waals surface area contributed by atoms with Crippen LogP contribution in [-0.4, -0.2) is 55.5 Å². The molecule has 42 heavy (non-hydrogen) atoms. The van der Waals surface area contributed by atoms with Crippen molar-refractivity contribution in [1.82, 2.24) is 4.90 Å². The lowest BCUT2D eigenvalue weighted by Gasteiger charge is -2.44. The molecule has 3 heterocycles. The van der Waals surface area contributed by atoms with Gasteiger partial charge in [-0.25, -0.2) is 0 Å². The van der Waals surface area contributed by atoms with E-state index >= 15 is 0 Å². The maximum Gasteiger partial charge on any atom is 0.294 e. The summed E-state index contributed by atoms with van der Waals surface area (Å²) in [5.41, 5.74) is 6.15. The van der Waals surface area contributed by atoms with Crippen molar-refractivity contribution in [2.24, 2.45) is 0 Å². The number of para-hydroxylation sites is 1. The number of anilines is 3. The van der Waals surface area contributed by atoms with Crippen LogP contribution in [0, 0.1) is 13.8 Å². The van der Waals surface area contributed by atoms with Gasteiger partial charge in [-0.3, -0.25) is 14.5 Å². The molecular formula is C35H38N4O3. The molecule has 0 radical (unpaired) electrons. The van der Waals surface area contributed by atoms with Gasteiger partial charge in [-0.05, 0) is 75.2 Å². The van der Waals surface area contributed by atoms with Crippen LogP contribution in [-0.2, 0) is 4.79 Å². The Morgan fingerprint density at radius 1 is 0.857 bits per heavy atom. The molecule has 7 heteroatoms. The molecule has 0 unspecified atom stereocenters. The van der Waals surface area contributed by atoms with Crippen LogP contribution in [0.5, 0.6) is 0 Å². The molecule has 6 rings (SSSR count). The molecule has 1 aromatic heterocycles. The van der Waals surface area contributed by atoms with Crippen LogP contribution in [0.1, 0.15) is 46.6 Å². The number of fused-ring (bicyclic) bond motifs is 1. The predicted molar refractivity (Wildman–Crippen MR) is 167 cm³/mol. The predicted octanol–water partition coefficient (Wildman–Crippen LogP) is 6.23. The third kappa shape index (κ3) is 5.57. The molecule has 1 saturated heterocycles. The number of carbonyl (C=O) groups is 2. The van der Waals surface area contributed by atoms with E-state index in [1.54, 1.807) is 12.1 Å². The largest absolute Gasteiger partial charge is 0.459 e. The summed E-state index contributed by atoms with van der Waals surface area (Å²) in [4.78, 5) is 36.3. The monoisotopic (exact) mass is 562 g/mol. The van der Waals surface area contributed by atoms with Gasteiger partial charge in [-0.2, -0.15) is 0 Å². The normalized spacial score (nSPS) is 18.9. The Labute approximate surface area is 247 Å². The zero-order valence-corrected chi connectivity index (χ0v) is 24.6. The summed E-state index contributed by atoms with van der Waals surface area (Å²) in [6.07, 6.45) is 2.14. The molecule has 0 saturated carbocycles. The van der Waals surface area contributed by atoms with Gasteiger partial charge in [0.2, 0.25) is 5.91 Å². The fourth-order valence-corrected chi connectivity index (χ4v) is 6.30. The van der Waals surface area contributed by atoms with E-state index in [9.17, 15) is 9.59 Å². The molecular weight excluding hydrogens is 524 g/mol. The number of piperazine rings is 1. The number of furan rings is 1. The summed E-state index contributed by atoms with van der Waals surface area (Å²) in [6.45, 7) is 9.92. The van der Waals surface area contributed by atoms with E-state index < -0.39 is 0 Å². The highest BCUT2D eigenvalue weighted by Crippen LogP contribution is 2.43. The number of rotatable bonds is 6. The number of hydrogen-bond donors (Lipinski definition) is 0. The van der Waals surface area contributed by atoms with Crippen molar-refractivity contribution in [2.45, 2.75) is 39.3 Å². The molecule has 2 aliphatic heterocycles. The van der Waals surface area contributed by atoms with Crippen LogP contribution in [0.15, 0.2) is 95.6 Å². The smallest absolute Gasteiger partial charge is 0.294 e. The third-order valence-corrected chi connectivity index (χ3v) is 8.50. The second-order valence-corrected chi connectivity index (χ2v) is 11.5. The van der Waals surface area contributed by atoms with E-state index in [4.69, 9.17) is 4.42 Å². The fraction of sp³-hybridized carbons (Fsp3) is 0.314. The van der Waals surface area contributed by atoms with E-state index in [0.29, 0.717) is 18.7 Å². The lowest BCUT2D eigenvalue weighted by molar-refractivity contribution is -0.120. The van der Waals surface area contributed by atoms with Crippen LogP contribution in [0.2, 0.25) is 0 Å². The highest BCUT2D eigenvalue weighted by Gasteiger charge is 2.40. The number of nitrogens with zero attached hydrogens (tertiary/aromatic N) is 4. The van der Waals surface area contributed by atoms with Gasteiger partial charge >= 0.3 is 0 Å². The molecule has 7 nitrogen and oxygen atoms in total. The van der Waals surface area contributed by atoms with Crippen LogP contribution in [0.3, 0.4) is 0 Å². The highest BCUT2D eigenvalue weighted by molar-refractivity contribution is 6.06. The maximum atomic E-state index is 14.3. The quantitative estimate of drug-likeness (QED) is 0.279. The SMILES string of the molecule is Cc1ccc(N(C(=O)CN2CCN(c3ccccc3)CC2)[C@H]2C[C@H](C)N(C(=O)c3ccco3)c3ccc(C)cc32)cc1. The standard InChI is InChI=1S/C35H38N4O3/c1-25-11-14-29(15-12-25)39(34(40)24-36-17-19-37(20-18-36)28-8-5-4-6-9-28)32-23-27(3)38(35(41)33-10-7-21-42-33)31-16-13-26(2)22-30(31)32/h4-16,21-22,27,32H,17-20,23-24H2,1-3H3/t27-,32-/m0/s1. The van der Waals surface area contributed by atoms with Gasteiger partial charge in [-0.1, -0.05) is 53.6 Å². The molecule has 4 aromatic rings. The molecule has 0 aliphatic carbocycles. The number of amides is 2. The van der Waals surface area contributed by atoms with Gasteiger partial charge in [0, 0.05) is 49.3 Å². The first-order chi connectivity index (χ1) is 20.4. The molecule has 216 valence electrons. The second kappa shape index (κ2) is 11.9. The number of hydrogen-bond acceptors (Lipinski definition) is 5. The van der Waals surface area contributed by atoms with Crippen molar-refractivity contribution in [2.75, 3.05) is 47.4 Å². The van der Waals surface area contributed by atoms with Gasteiger partial charge in [0.25, 0.3) is 5.91 Å². The van der Waals surface area contributed by atoms with E-state index in [1.165, 1.54) is 12.0 Å². The minimum Gasteiger partial charge on any atom is -0.459 e. The third-order valence-electron chi connectivity index (χ3n) is 8.50. The minimum absolute atomic E-state index is 0.0717. The van der Waals surface area contributed by atoms with Crippen molar-refractivity contribution in [3.8, 4) is 0 Å². The molecule has 0 bridgehead atoms.